The highest BCUT2D eigenvalue weighted by atomic mass is 14.9. The van der Waals surface area contributed by atoms with E-state index in [1.165, 1.54) is 33.2 Å². The van der Waals surface area contributed by atoms with Gasteiger partial charge in [0, 0.05) is 30.1 Å². The van der Waals surface area contributed by atoms with Crippen molar-refractivity contribution in [1.82, 2.24) is 4.57 Å². The topological polar surface area (TPSA) is 30.9 Å². The minimum absolute atomic E-state index is 0.354. The number of nitrogens with two attached hydrogens (primary N) is 1. The van der Waals surface area contributed by atoms with Crippen LogP contribution in [-0.4, -0.2) is 11.1 Å². The molecule has 0 saturated carbocycles. The zero-order valence-corrected chi connectivity index (χ0v) is 13.6. The number of aryl methyl sites for hydroxylation is 3. The van der Waals surface area contributed by atoms with Gasteiger partial charge in [-0.15, -0.1) is 0 Å². The van der Waals surface area contributed by atoms with Crippen molar-refractivity contribution in [2.24, 2.45) is 12.8 Å². The molecule has 1 unspecified atom stereocenters. The first kappa shape index (κ1) is 14.9. The van der Waals surface area contributed by atoms with Crippen molar-refractivity contribution in [2.45, 2.75) is 26.2 Å². The second-order valence-electron chi connectivity index (χ2n) is 6.35. The standard InChI is InChI=1S/C20H24N2/c1-14-8-15(2)10-16(9-14)11-17(12-21)19-13-22(3)20-7-5-4-6-18(19)20/h4-10,13,17H,11-12,21H2,1-3H3. The van der Waals surface area contributed by atoms with E-state index in [4.69, 9.17) is 5.73 Å². The molecule has 2 nitrogen and oxygen atoms in total. The number of fused-ring (bicyclic) bond motifs is 1. The molecule has 22 heavy (non-hydrogen) atoms. The van der Waals surface area contributed by atoms with E-state index in [2.05, 4.69) is 74.1 Å². The summed E-state index contributed by atoms with van der Waals surface area (Å²) in [5.74, 6) is 0.354. The average molecular weight is 292 g/mol. The summed E-state index contributed by atoms with van der Waals surface area (Å²) in [6.07, 6.45) is 3.23. The highest BCUT2D eigenvalue weighted by Crippen LogP contribution is 2.29. The van der Waals surface area contributed by atoms with Crippen molar-refractivity contribution in [3.8, 4) is 0 Å². The predicted molar refractivity (Wildman–Crippen MR) is 94.3 cm³/mol. The van der Waals surface area contributed by atoms with Crippen LogP contribution >= 0.6 is 0 Å². The number of benzene rings is 2. The normalized spacial score (nSPS) is 12.7. The second kappa shape index (κ2) is 5.98. The van der Waals surface area contributed by atoms with Crippen LogP contribution in [-0.2, 0) is 13.5 Å². The Morgan fingerprint density at radius 3 is 2.41 bits per heavy atom. The summed E-state index contributed by atoms with van der Waals surface area (Å²) in [7, 11) is 2.11. The molecule has 2 heteroatoms. The number of aromatic nitrogens is 1. The molecule has 0 fully saturated rings. The summed E-state index contributed by atoms with van der Waals surface area (Å²) in [6.45, 7) is 4.98. The van der Waals surface area contributed by atoms with Gasteiger partial charge in [0.05, 0.1) is 0 Å². The van der Waals surface area contributed by atoms with Gasteiger partial charge >= 0.3 is 0 Å². The maximum atomic E-state index is 6.12. The lowest BCUT2D eigenvalue weighted by Gasteiger charge is -2.15. The lowest BCUT2D eigenvalue weighted by atomic mass is 9.90. The molecule has 3 aromatic rings. The van der Waals surface area contributed by atoms with E-state index < -0.39 is 0 Å². The summed E-state index contributed by atoms with van der Waals surface area (Å²) in [4.78, 5) is 0. The van der Waals surface area contributed by atoms with E-state index in [0.29, 0.717) is 12.5 Å². The number of hydrogen-bond acceptors (Lipinski definition) is 1. The molecule has 2 N–H and O–H groups in total. The minimum Gasteiger partial charge on any atom is -0.350 e. The molecular formula is C20H24N2. The van der Waals surface area contributed by atoms with Gasteiger partial charge in [0.15, 0.2) is 0 Å². The first-order chi connectivity index (χ1) is 10.6. The summed E-state index contributed by atoms with van der Waals surface area (Å²) in [5.41, 5.74) is 12.8. The van der Waals surface area contributed by atoms with E-state index in [1.807, 2.05) is 0 Å². The summed E-state index contributed by atoms with van der Waals surface area (Å²) in [6, 6.07) is 15.3. The molecule has 3 rings (SSSR count). The van der Waals surface area contributed by atoms with Crippen LogP contribution in [0.15, 0.2) is 48.7 Å². The van der Waals surface area contributed by atoms with E-state index in [1.54, 1.807) is 0 Å². The Bertz CT molecular complexity index is 778. The van der Waals surface area contributed by atoms with Crippen LogP contribution in [0.4, 0.5) is 0 Å². The predicted octanol–water partition coefficient (Wildman–Crippen LogP) is 4.08. The van der Waals surface area contributed by atoms with Gasteiger partial charge in [-0.05, 0) is 44.0 Å². The van der Waals surface area contributed by atoms with Crippen LogP contribution in [0.2, 0.25) is 0 Å². The molecule has 0 spiro atoms. The first-order valence-electron chi connectivity index (χ1n) is 7.89. The van der Waals surface area contributed by atoms with Crippen molar-refractivity contribution in [3.63, 3.8) is 0 Å². The largest absolute Gasteiger partial charge is 0.350 e. The third-order valence-electron chi connectivity index (χ3n) is 4.42. The molecule has 114 valence electrons. The second-order valence-corrected chi connectivity index (χ2v) is 6.35. The molecule has 0 aliphatic heterocycles. The van der Waals surface area contributed by atoms with Gasteiger partial charge in [0.25, 0.3) is 0 Å². The monoisotopic (exact) mass is 292 g/mol. The summed E-state index contributed by atoms with van der Waals surface area (Å²) >= 11 is 0. The average Bonchev–Trinajstić information content (AvgIpc) is 2.81. The quantitative estimate of drug-likeness (QED) is 0.772. The molecule has 0 aliphatic carbocycles. The smallest absolute Gasteiger partial charge is 0.0480 e. The Morgan fingerprint density at radius 1 is 1.05 bits per heavy atom. The molecule has 0 aliphatic rings. The maximum Gasteiger partial charge on any atom is 0.0480 e. The zero-order chi connectivity index (χ0) is 15.7. The molecule has 0 amide bonds. The Hall–Kier alpha value is -2.06. The number of para-hydroxylation sites is 1. The molecular weight excluding hydrogens is 268 g/mol. The summed E-state index contributed by atoms with van der Waals surface area (Å²) in [5, 5.41) is 1.32. The van der Waals surface area contributed by atoms with E-state index in [-0.39, 0.29) is 0 Å². The number of nitrogens with zero attached hydrogens (tertiary/aromatic N) is 1. The molecule has 0 bridgehead atoms. The zero-order valence-electron chi connectivity index (χ0n) is 13.6. The van der Waals surface area contributed by atoms with E-state index in [9.17, 15) is 0 Å². The van der Waals surface area contributed by atoms with Gasteiger partial charge in [0.2, 0.25) is 0 Å². The molecule has 2 aromatic carbocycles. The fourth-order valence-corrected chi connectivity index (χ4v) is 3.49. The lowest BCUT2D eigenvalue weighted by Crippen LogP contribution is -2.15. The van der Waals surface area contributed by atoms with E-state index in [0.717, 1.165) is 6.42 Å². The molecule has 1 atom stereocenters. The van der Waals surface area contributed by atoms with Gasteiger partial charge in [-0.1, -0.05) is 47.5 Å². The fourth-order valence-electron chi connectivity index (χ4n) is 3.49. The Balaban J connectivity index is 1.99. The summed E-state index contributed by atoms with van der Waals surface area (Å²) < 4.78 is 2.20. The van der Waals surface area contributed by atoms with Crippen molar-refractivity contribution < 1.29 is 0 Å². The third-order valence-corrected chi connectivity index (χ3v) is 4.42. The van der Waals surface area contributed by atoms with Crippen LogP contribution in [0.25, 0.3) is 10.9 Å². The minimum atomic E-state index is 0.354. The number of hydrogen-bond donors (Lipinski definition) is 1. The molecule has 0 radical (unpaired) electrons. The Morgan fingerprint density at radius 2 is 1.73 bits per heavy atom. The van der Waals surface area contributed by atoms with Gasteiger partial charge in [-0.2, -0.15) is 0 Å². The Labute approximate surface area is 132 Å². The van der Waals surface area contributed by atoms with Crippen molar-refractivity contribution >= 4 is 10.9 Å². The van der Waals surface area contributed by atoms with Crippen molar-refractivity contribution in [3.05, 3.63) is 70.9 Å². The fraction of sp³-hybridized carbons (Fsp3) is 0.300. The van der Waals surface area contributed by atoms with Crippen LogP contribution in [0.3, 0.4) is 0 Å². The molecule has 1 aromatic heterocycles. The molecule has 0 saturated heterocycles. The van der Waals surface area contributed by atoms with Crippen LogP contribution in [0, 0.1) is 13.8 Å². The van der Waals surface area contributed by atoms with Crippen LogP contribution in [0.5, 0.6) is 0 Å². The van der Waals surface area contributed by atoms with Crippen LogP contribution < -0.4 is 5.73 Å². The van der Waals surface area contributed by atoms with Gasteiger partial charge in [-0.3, -0.25) is 0 Å². The highest BCUT2D eigenvalue weighted by Gasteiger charge is 2.16. The van der Waals surface area contributed by atoms with Gasteiger partial charge < -0.3 is 10.3 Å². The van der Waals surface area contributed by atoms with Gasteiger partial charge in [-0.25, -0.2) is 0 Å². The third kappa shape index (κ3) is 2.79. The lowest BCUT2D eigenvalue weighted by molar-refractivity contribution is 0.695. The first-order valence-corrected chi connectivity index (χ1v) is 7.89. The van der Waals surface area contributed by atoms with Crippen LogP contribution in [0.1, 0.15) is 28.2 Å². The maximum absolute atomic E-state index is 6.12. The number of rotatable bonds is 4. The van der Waals surface area contributed by atoms with Crippen molar-refractivity contribution in [2.75, 3.05) is 6.54 Å². The van der Waals surface area contributed by atoms with Gasteiger partial charge in [0.1, 0.15) is 0 Å². The highest BCUT2D eigenvalue weighted by molar-refractivity contribution is 5.84. The Kier molecular flexibility index (Phi) is 4.04. The van der Waals surface area contributed by atoms with E-state index >= 15 is 0 Å². The van der Waals surface area contributed by atoms with Crippen molar-refractivity contribution in [1.29, 1.82) is 0 Å². The molecule has 1 heterocycles. The SMILES string of the molecule is Cc1cc(C)cc(CC(CN)c2cn(C)c3ccccc23)c1.